The molecule has 0 unspecified atom stereocenters. The summed E-state index contributed by atoms with van der Waals surface area (Å²) < 4.78 is 5.46. The Morgan fingerprint density at radius 3 is 2.22 bits per heavy atom. The molecule has 0 aromatic heterocycles. The topological polar surface area (TPSA) is 58.6 Å². The maximum Gasteiger partial charge on any atom is 0.282 e. The number of carbonyl (C=O) groups is 2. The summed E-state index contributed by atoms with van der Waals surface area (Å²) in [5.41, 5.74) is 5.05. The lowest BCUT2D eigenvalue weighted by molar-refractivity contribution is -0.120. The fraction of sp³-hybridized carbons (Fsp3) is 0.154. The Balaban J connectivity index is 1.88. The van der Waals surface area contributed by atoms with Crippen molar-refractivity contribution in [2.24, 2.45) is 0 Å². The van der Waals surface area contributed by atoms with Gasteiger partial charge in [-0.15, -0.1) is 0 Å². The molecule has 2 amide bonds. The maximum atomic E-state index is 13.6. The predicted octanol–water partition coefficient (Wildman–Crippen LogP) is 5.67. The Morgan fingerprint density at radius 1 is 0.844 bits per heavy atom. The number of ether oxygens (including phenoxy) is 1. The Hall–Kier alpha value is -3.57. The number of methoxy groups -OCH3 is 1. The molecule has 1 aliphatic rings. The van der Waals surface area contributed by atoms with Crippen LogP contribution in [-0.2, 0) is 9.59 Å². The monoisotopic (exact) mass is 446 g/mol. The van der Waals surface area contributed by atoms with E-state index in [-0.39, 0.29) is 5.70 Å². The number of hydrogen-bond donors (Lipinski definition) is 1. The van der Waals surface area contributed by atoms with E-state index in [1.807, 2.05) is 63.2 Å². The number of carbonyl (C=O) groups excluding carboxylic acids is 2. The van der Waals surface area contributed by atoms with E-state index in [1.54, 1.807) is 25.3 Å². The molecule has 0 atom stereocenters. The molecule has 4 rings (SSSR count). The zero-order valence-corrected chi connectivity index (χ0v) is 19.1. The lowest BCUT2D eigenvalue weighted by atomic mass is 10.0. The summed E-state index contributed by atoms with van der Waals surface area (Å²) in [4.78, 5) is 28.4. The van der Waals surface area contributed by atoms with Crippen molar-refractivity contribution >= 4 is 40.4 Å². The molecular formula is C26H23ClN2O3. The van der Waals surface area contributed by atoms with Crippen molar-refractivity contribution in [3.05, 3.63) is 93.6 Å². The first kappa shape index (κ1) is 21.7. The third-order valence-electron chi connectivity index (χ3n) is 5.45. The summed E-state index contributed by atoms with van der Waals surface area (Å²) >= 11 is 6.19. The van der Waals surface area contributed by atoms with Crippen molar-refractivity contribution in [2.75, 3.05) is 17.3 Å². The molecule has 0 spiro atoms. The fourth-order valence-electron chi connectivity index (χ4n) is 3.73. The minimum Gasteiger partial charge on any atom is -0.495 e. The number of anilines is 2. The molecule has 0 bridgehead atoms. The smallest absolute Gasteiger partial charge is 0.282 e. The van der Waals surface area contributed by atoms with Crippen molar-refractivity contribution in [1.82, 2.24) is 0 Å². The number of benzene rings is 3. The van der Waals surface area contributed by atoms with E-state index in [9.17, 15) is 9.59 Å². The molecule has 0 fully saturated rings. The minimum absolute atomic E-state index is 0.196. The summed E-state index contributed by atoms with van der Waals surface area (Å²) in [7, 11) is 1.56. The lowest BCUT2D eigenvalue weighted by Crippen LogP contribution is -2.33. The Kier molecular flexibility index (Phi) is 5.76. The zero-order valence-electron chi connectivity index (χ0n) is 18.3. The van der Waals surface area contributed by atoms with Gasteiger partial charge in [0.15, 0.2) is 0 Å². The lowest BCUT2D eigenvalue weighted by Gasteiger charge is -2.18. The summed E-state index contributed by atoms with van der Waals surface area (Å²) in [5.74, 6) is -0.276. The molecule has 32 heavy (non-hydrogen) atoms. The molecule has 0 aliphatic carbocycles. The second-order valence-corrected chi connectivity index (χ2v) is 8.26. The van der Waals surface area contributed by atoms with Gasteiger partial charge in [-0.1, -0.05) is 53.6 Å². The summed E-state index contributed by atoms with van der Waals surface area (Å²) in [6.45, 7) is 5.76. The van der Waals surface area contributed by atoms with Crippen LogP contribution in [0.15, 0.2) is 66.4 Å². The summed E-state index contributed by atoms with van der Waals surface area (Å²) in [5, 5.41) is 3.64. The van der Waals surface area contributed by atoms with Crippen molar-refractivity contribution in [1.29, 1.82) is 0 Å². The number of rotatable bonds is 5. The van der Waals surface area contributed by atoms with Crippen LogP contribution in [0.4, 0.5) is 11.4 Å². The van der Waals surface area contributed by atoms with Gasteiger partial charge in [0.1, 0.15) is 11.4 Å². The van der Waals surface area contributed by atoms with E-state index >= 15 is 0 Å². The molecule has 1 aliphatic heterocycles. The van der Waals surface area contributed by atoms with Crippen LogP contribution in [0.3, 0.4) is 0 Å². The van der Waals surface area contributed by atoms with Gasteiger partial charge in [0.2, 0.25) is 0 Å². The van der Waals surface area contributed by atoms with Crippen LogP contribution in [0.1, 0.15) is 22.3 Å². The zero-order chi connectivity index (χ0) is 23.0. The molecule has 0 radical (unpaired) electrons. The van der Waals surface area contributed by atoms with Gasteiger partial charge >= 0.3 is 0 Å². The molecule has 0 saturated carbocycles. The number of hydrogen-bond acceptors (Lipinski definition) is 4. The number of imide groups is 1. The average Bonchev–Trinajstić information content (AvgIpc) is 3.00. The average molecular weight is 447 g/mol. The molecule has 5 nitrogen and oxygen atoms in total. The van der Waals surface area contributed by atoms with E-state index in [4.69, 9.17) is 16.3 Å². The van der Waals surface area contributed by atoms with E-state index in [0.29, 0.717) is 33.3 Å². The van der Waals surface area contributed by atoms with Crippen LogP contribution in [0, 0.1) is 20.8 Å². The van der Waals surface area contributed by atoms with E-state index in [1.165, 1.54) is 4.90 Å². The molecule has 3 aromatic rings. The number of aryl methyl sites for hydroxylation is 3. The van der Waals surface area contributed by atoms with Gasteiger partial charge in [-0.05, 0) is 61.7 Å². The van der Waals surface area contributed by atoms with Gasteiger partial charge in [-0.3, -0.25) is 9.59 Å². The first-order valence-electron chi connectivity index (χ1n) is 10.2. The largest absolute Gasteiger partial charge is 0.495 e. The Morgan fingerprint density at radius 2 is 1.53 bits per heavy atom. The van der Waals surface area contributed by atoms with Gasteiger partial charge in [0.05, 0.1) is 24.1 Å². The minimum atomic E-state index is -0.445. The molecular weight excluding hydrogens is 424 g/mol. The van der Waals surface area contributed by atoms with E-state index < -0.39 is 11.8 Å². The second kappa shape index (κ2) is 8.52. The van der Waals surface area contributed by atoms with Crippen molar-refractivity contribution < 1.29 is 14.3 Å². The number of nitrogens with one attached hydrogen (secondary N) is 1. The highest BCUT2D eigenvalue weighted by atomic mass is 35.5. The molecule has 162 valence electrons. The summed E-state index contributed by atoms with van der Waals surface area (Å²) in [6.07, 6.45) is 0. The van der Waals surface area contributed by atoms with Crippen LogP contribution >= 0.6 is 11.6 Å². The highest BCUT2D eigenvalue weighted by molar-refractivity contribution is 6.46. The number of halogens is 1. The van der Waals surface area contributed by atoms with Crippen molar-refractivity contribution in [2.45, 2.75) is 20.8 Å². The fourth-order valence-corrected chi connectivity index (χ4v) is 3.90. The van der Waals surface area contributed by atoms with Gasteiger partial charge in [-0.25, -0.2) is 4.90 Å². The van der Waals surface area contributed by atoms with Crippen LogP contribution in [-0.4, -0.2) is 18.9 Å². The predicted molar refractivity (Wildman–Crippen MR) is 128 cm³/mol. The van der Waals surface area contributed by atoms with Crippen molar-refractivity contribution in [3.63, 3.8) is 0 Å². The van der Waals surface area contributed by atoms with E-state index in [2.05, 4.69) is 5.32 Å². The quantitative estimate of drug-likeness (QED) is 0.513. The SMILES string of the molecule is COc1ccc(C)cc1NC1=C(c2ccc(C)cc2)C(=O)N(c2cc(Cl)ccc2C)C1=O. The summed E-state index contributed by atoms with van der Waals surface area (Å²) in [6, 6.07) is 18.3. The van der Waals surface area contributed by atoms with Gasteiger partial charge < -0.3 is 10.1 Å². The Bertz CT molecular complexity index is 1260. The van der Waals surface area contributed by atoms with Crippen LogP contribution in [0.5, 0.6) is 5.75 Å². The van der Waals surface area contributed by atoms with Crippen LogP contribution in [0.2, 0.25) is 5.02 Å². The third kappa shape index (κ3) is 3.87. The second-order valence-electron chi connectivity index (χ2n) is 7.82. The van der Waals surface area contributed by atoms with E-state index in [0.717, 1.165) is 16.7 Å². The molecule has 3 aromatic carbocycles. The third-order valence-corrected chi connectivity index (χ3v) is 5.69. The van der Waals surface area contributed by atoms with Crippen LogP contribution in [0.25, 0.3) is 5.57 Å². The Labute approximate surface area is 192 Å². The highest BCUT2D eigenvalue weighted by Crippen LogP contribution is 2.37. The van der Waals surface area contributed by atoms with Gasteiger partial charge in [0, 0.05) is 5.02 Å². The molecule has 0 saturated heterocycles. The van der Waals surface area contributed by atoms with Gasteiger partial charge in [-0.2, -0.15) is 0 Å². The van der Waals surface area contributed by atoms with Gasteiger partial charge in [0.25, 0.3) is 11.8 Å². The van der Waals surface area contributed by atoms with Crippen molar-refractivity contribution in [3.8, 4) is 5.75 Å². The molecule has 1 heterocycles. The first-order chi connectivity index (χ1) is 15.3. The normalized spacial score (nSPS) is 13.7. The van der Waals surface area contributed by atoms with Crippen LogP contribution < -0.4 is 15.0 Å². The highest BCUT2D eigenvalue weighted by Gasteiger charge is 2.41. The maximum absolute atomic E-state index is 13.6. The number of amides is 2. The standard InChI is InChI=1S/C26H23ClN2O3/c1-15-5-9-18(10-6-15)23-24(28-20-13-16(2)7-12-22(20)32-4)26(31)29(25(23)30)21-14-19(27)11-8-17(21)3/h5-14,28H,1-4H3. The number of nitrogens with zero attached hydrogens (tertiary/aromatic N) is 1. The molecule has 6 heteroatoms. The first-order valence-corrected chi connectivity index (χ1v) is 10.6. The molecule has 1 N–H and O–H groups in total.